The lowest BCUT2D eigenvalue weighted by Crippen LogP contribution is -2.36. The summed E-state index contributed by atoms with van der Waals surface area (Å²) in [6, 6.07) is 8.40. The Balaban J connectivity index is 1.82. The molecule has 0 radical (unpaired) electrons. The molecule has 1 N–H and O–H groups in total. The first-order valence-electron chi connectivity index (χ1n) is 12.8. The zero-order chi connectivity index (χ0) is 28.8. The van der Waals surface area contributed by atoms with Crippen LogP contribution >= 0.6 is 10.0 Å². The predicted molar refractivity (Wildman–Crippen MR) is 156 cm³/mol. The van der Waals surface area contributed by atoms with Crippen LogP contribution in [-0.4, -0.2) is 65.5 Å². The molecule has 1 aromatic carbocycles. The van der Waals surface area contributed by atoms with Crippen LogP contribution < -0.4 is 10.1 Å². The third kappa shape index (κ3) is 9.18. The molecule has 9 nitrogen and oxygen atoms in total. The van der Waals surface area contributed by atoms with E-state index in [0.717, 1.165) is 22.3 Å². The van der Waals surface area contributed by atoms with Crippen molar-refractivity contribution >= 4 is 33.1 Å². The third-order valence-electron chi connectivity index (χ3n) is 5.76. The minimum absolute atomic E-state index is 0.0582. The van der Waals surface area contributed by atoms with Gasteiger partial charge in [0.2, 0.25) is 0 Å². The molecule has 2 heterocycles. The van der Waals surface area contributed by atoms with E-state index in [1.165, 1.54) is 7.11 Å². The van der Waals surface area contributed by atoms with Gasteiger partial charge in [0.15, 0.2) is 0 Å². The number of aryl methyl sites for hydroxylation is 1. The van der Waals surface area contributed by atoms with Crippen molar-refractivity contribution < 1.29 is 28.5 Å². The highest BCUT2D eigenvalue weighted by Gasteiger charge is 2.23. The summed E-state index contributed by atoms with van der Waals surface area (Å²) >= 11 is 0. The van der Waals surface area contributed by atoms with Gasteiger partial charge in [-0.3, -0.25) is 4.79 Å². The van der Waals surface area contributed by atoms with Crippen LogP contribution in [0.5, 0.6) is 11.5 Å². The Hall–Kier alpha value is -3.24. The molecule has 0 saturated carbocycles. The van der Waals surface area contributed by atoms with E-state index in [-0.39, 0.29) is 6.42 Å². The van der Waals surface area contributed by atoms with E-state index in [1.54, 1.807) is 33.0 Å². The summed E-state index contributed by atoms with van der Waals surface area (Å²) in [4.78, 5) is 29.2. The van der Waals surface area contributed by atoms with Crippen LogP contribution in [0.15, 0.2) is 42.7 Å². The van der Waals surface area contributed by atoms with Gasteiger partial charge < -0.3 is 28.8 Å². The molecule has 3 aromatic rings. The Morgan fingerprint density at radius 2 is 1.90 bits per heavy atom. The van der Waals surface area contributed by atoms with Crippen LogP contribution in [0.2, 0.25) is 0 Å². The molecule has 1 amide bonds. The lowest BCUT2D eigenvalue weighted by atomic mass is 10.0. The maximum Gasteiger partial charge on any atom is 0.408 e. The fraction of sp³-hybridized carbons (Fsp3) is 0.483. The summed E-state index contributed by atoms with van der Waals surface area (Å²) in [6.45, 7) is 8.46. The zero-order valence-corrected chi connectivity index (χ0v) is 25.0. The van der Waals surface area contributed by atoms with Gasteiger partial charge in [0.05, 0.1) is 31.6 Å². The summed E-state index contributed by atoms with van der Waals surface area (Å²) in [7, 11) is 0.696. The second-order valence-corrected chi connectivity index (χ2v) is 15.9. The number of aromatic nitrogens is 2. The second kappa shape index (κ2) is 12.7. The quantitative estimate of drug-likeness (QED) is 0.229. The maximum absolute atomic E-state index is 12.5. The number of esters is 1. The van der Waals surface area contributed by atoms with Gasteiger partial charge in [0, 0.05) is 18.1 Å². The largest absolute Gasteiger partial charge is 0.469 e. The smallest absolute Gasteiger partial charge is 0.408 e. The number of alkyl carbamates (subject to hydrolysis) is 1. The molecule has 0 aliphatic heterocycles. The average Bonchev–Trinajstić information content (AvgIpc) is 3.16. The first kappa shape index (κ1) is 30.3. The van der Waals surface area contributed by atoms with Gasteiger partial charge in [-0.25, -0.2) is 19.8 Å². The minimum Gasteiger partial charge on any atom is -0.469 e. The number of rotatable bonds is 11. The van der Waals surface area contributed by atoms with Crippen LogP contribution in [-0.2, 0) is 25.7 Å². The molecule has 3 rings (SSSR count). The molecule has 0 saturated heterocycles. The van der Waals surface area contributed by atoms with Gasteiger partial charge in [-0.15, -0.1) is 0 Å². The van der Waals surface area contributed by atoms with E-state index in [2.05, 4.69) is 29.1 Å². The van der Waals surface area contributed by atoms with E-state index in [1.807, 2.05) is 42.0 Å². The lowest BCUT2D eigenvalue weighted by Gasteiger charge is -2.24. The van der Waals surface area contributed by atoms with Gasteiger partial charge in [-0.1, -0.05) is 12.1 Å². The van der Waals surface area contributed by atoms with Crippen molar-refractivity contribution in [2.75, 3.05) is 38.2 Å². The van der Waals surface area contributed by atoms with Crippen LogP contribution in [0.3, 0.4) is 0 Å². The summed E-state index contributed by atoms with van der Waals surface area (Å²) in [5, 5.41) is 3.67. The van der Waals surface area contributed by atoms with Crippen LogP contribution in [0.4, 0.5) is 4.79 Å². The van der Waals surface area contributed by atoms with Crippen molar-refractivity contribution in [3.8, 4) is 11.5 Å². The van der Waals surface area contributed by atoms with E-state index < -0.39 is 33.7 Å². The molecular formula is C29H41N3O6S. The number of amides is 1. The van der Waals surface area contributed by atoms with E-state index in [9.17, 15) is 9.59 Å². The fourth-order valence-electron chi connectivity index (χ4n) is 3.91. The zero-order valence-electron chi connectivity index (χ0n) is 24.2. The Morgan fingerprint density at radius 3 is 2.56 bits per heavy atom. The molecular weight excluding hydrogens is 518 g/mol. The number of carbonyl (C=O) groups excluding carboxylic acids is 2. The molecule has 10 heteroatoms. The van der Waals surface area contributed by atoms with Crippen molar-refractivity contribution in [1.82, 2.24) is 14.9 Å². The minimum atomic E-state index is -0.676. The van der Waals surface area contributed by atoms with Gasteiger partial charge in [0.1, 0.15) is 29.5 Å². The molecule has 0 spiro atoms. The van der Waals surface area contributed by atoms with E-state index in [0.29, 0.717) is 30.4 Å². The van der Waals surface area contributed by atoms with Crippen molar-refractivity contribution in [3.63, 3.8) is 0 Å². The highest BCUT2D eigenvalue weighted by Crippen LogP contribution is 2.35. The molecule has 0 aliphatic carbocycles. The Morgan fingerprint density at radius 1 is 1.15 bits per heavy atom. The summed E-state index contributed by atoms with van der Waals surface area (Å²) in [5.74, 6) is 1.79. The average molecular weight is 560 g/mol. The second-order valence-electron chi connectivity index (χ2n) is 11.3. The fourth-order valence-corrected chi connectivity index (χ4v) is 4.53. The van der Waals surface area contributed by atoms with Crippen LogP contribution in [0, 0.1) is 6.92 Å². The molecule has 214 valence electrons. The highest BCUT2D eigenvalue weighted by atomic mass is 32.3. The number of hydrogen-bond donors (Lipinski definition) is 1. The number of hydrogen-bond acceptors (Lipinski definition) is 7. The molecule has 0 bridgehead atoms. The number of pyridine rings is 1. The Kier molecular flexibility index (Phi) is 9.90. The highest BCUT2D eigenvalue weighted by molar-refractivity contribution is 8.32. The molecule has 1 atom stereocenters. The molecule has 0 fully saturated rings. The lowest BCUT2D eigenvalue weighted by molar-refractivity contribution is -0.141. The summed E-state index contributed by atoms with van der Waals surface area (Å²) in [6.07, 6.45) is 9.87. The topological polar surface area (TPSA) is 101 Å². The van der Waals surface area contributed by atoms with E-state index in [4.69, 9.17) is 18.9 Å². The molecule has 1 unspecified atom stereocenters. The third-order valence-corrected chi connectivity index (χ3v) is 7.15. The number of nitrogens with zero attached hydrogens (tertiary/aromatic N) is 2. The first-order valence-corrected chi connectivity index (χ1v) is 15.8. The molecule has 2 aromatic heterocycles. The number of nitrogens with one attached hydrogen (secondary N) is 1. The van der Waals surface area contributed by atoms with Crippen molar-refractivity contribution in [1.29, 1.82) is 0 Å². The van der Waals surface area contributed by atoms with Crippen molar-refractivity contribution in [2.45, 2.75) is 52.5 Å². The monoisotopic (exact) mass is 559 g/mol. The predicted octanol–water partition coefficient (Wildman–Crippen LogP) is 5.93. The van der Waals surface area contributed by atoms with Crippen LogP contribution in [0.25, 0.3) is 11.0 Å². The molecule has 39 heavy (non-hydrogen) atoms. The van der Waals surface area contributed by atoms with Gasteiger partial charge in [0.25, 0.3) is 0 Å². The summed E-state index contributed by atoms with van der Waals surface area (Å²) in [5.41, 5.74) is 1.80. The van der Waals surface area contributed by atoms with Gasteiger partial charge in [-0.2, -0.15) is 0 Å². The van der Waals surface area contributed by atoms with Crippen LogP contribution in [0.1, 0.15) is 44.4 Å². The number of ether oxygens (including phenoxy) is 4. The Bertz CT molecular complexity index is 1290. The maximum atomic E-state index is 12.5. The van der Waals surface area contributed by atoms with E-state index >= 15 is 0 Å². The molecule has 0 aliphatic rings. The number of methoxy groups -OCH3 is 1. The number of benzene rings is 1. The Labute approximate surface area is 232 Å². The SMILES string of the molecule is COC(=O)CC(NC(=O)OC(C)(C)C)c1cccc(Oc2ccnc3c2c(C)cn3COCCS(C)(C)C)c1. The normalized spacial score (nSPS) is 13.1. The van der Waals surface area contributed by atoms with Gasteiger partial charge in [-0.05, 0) is 75.8 Å². The number of carbonyl (C=O) groups is 2. The summed E-state index contributed by atoms with van der Waals surface area (Å²) < 4.78 is 24.5. The standard InChI is InChI=1S/C29H41N3O6S/c1-20-18-32(19-36-14-15-39(6,7)8)27-26(20)24(12-13-30-27)37-22-11-9-10-21(16-22)23(17-25(33)35-5)31-28(34)38-29(2,3)4/h9-13,16,18,23H,14-15,17,19H2,1-8H3,(H,31,34). The first-order chi connectivity index (χ1) is 18.3. The van der Waals surface area contributed by atoms with Crippen molar-refractivity contribution in [3.05, 3.63) is 53.9 Å². The van der Waals surface area contributed by atoms with Gasteiger partial charge >= 0.3 is 12.1 Å². The van der Waals surface area contributed by atoms with Crippen molar-refractivity contribution in [2.24, 2.45) is 0 Å². The number of fused-ring (bicyclic) bond motifs is 1.